The van der Waals surface area contributed by atoms with Crippen molar-refractivity contribution < 1.29 is 9.59 Å². The Kier molecular flexibility index (Phi) is 4.43. The predicted octanol–water partition coefficient (Wildman–Crippen LogP) is 0.537. The van der Waals surface area contributed by atoms with Crippen LogP contribution in [0.4, 0.5) is 4.79 Å². The molecule has 0 aliphatic carbocycles. The summed E-state index contributed by atoms with van der Waals surface area (Å²) >= 11 is 0. The summed E-state index contributed by atoms with van der Waals surface area (Å²) in [6, 6.07) is 3.32. The van der Waals surface area contributed by atoms with Crippen LogP contribution in [0.3, 0.4) is 0 Å². The first kappa shape index (κ1) is 13.5. The van der Waals surface area contributed by atoms with Gasteiger partial charge in [-0.05, 0) is 31.4 Å². The minimum atomic E-state index is -0.440. The molecule has 0 radical (unpaired) electrons. The minimum absolute atomic E-state index is 0.186. The summed E-state index contributed by atoms with van der Waals surface area (Å²) in [5, 5.41) is 2.84. The van der Waals surface area contributed by atoms with E-state index in [4.69, 9.17) is 5.73 Å². The van der Waals surface area contributed by atoms with Crippen LogP contribution in [0.15, 0.2) is 24.5 Å². The van der Waals surface area contributed by atoms with Crippen LogP contribution in [0, 0.1) is 0 Å². The van der Waals surface area contributed by atoms with Crippen LogP contribution in [0.2, 0.25) is 0 Å². The monoisotopic (exact) mass is 264 g/mol. The van der Waals surface area contributed by atoms with Gasteiger partial charge in [0.25, 0.3) is 0 Å². The fraction of sp³-hybridized carbons (Fsp3) is 0.538. The minimum Gasteiger partial charge on any atom is -0.368 e. The molecule has 1 aliphatic rings. The molecular formula is C13H20N4O2. The average molecular weight is 264 g/mol. The lowest BCUT2D eigenvalue weighted by molar-refractivity contribution is -0.121. The summed E-state index contributed by atoms with van der Waals surface area (Å²) in [5.74, 6) is -0.417. The van der Waals surface area contributed by atoms with Crippen LogP contribution < -0.4 is 11.1 Å². The lowest BCUT2D eigenvalue weighted by Crippen LogP contribution is -2.48. The molecule has 0 aromatic carbocycles. The number of urea groups is 1. The van der Waals surface area contributed by atoms with Crippen molar-refractivity contribution >= 4 is 11.9 Å². The number of nitrogens with two attached hydrogens (primary N) is 1. The van der Waals surface area contributed by atoms with Crippen molar-refractivity contribution in [1.82, 2.24) is 14.8 Å². The van der Waals surface area contributed by atoms with Crippen LogP contribution in [0.5, 0.6) is 0 Å². The highest BCUT2D eigenvalue weighted by Crippen LogP contribution is 2.16. The second kappa shape index (κ2) is 6.26. The number of carbonyl (C=O) groups is 2. The summed E-state index contributed by atoms with van der Waals surface area (Å²) < 4.78 is 2.06. The number of rotatable bonds is 5. The van der Waals surface area contributed by atoms with Crippen LogP contribution in [-0.2, 0) is 11.3 Å². The van der Waals surface area contributed by atoms with Gasteiger partial charge < -0.3 is 20.5 Å². The Bertz CT molecular complexity index is 430. The molecule has 1 aromatic heterocycles. The fourth-order valence-electron chi connectivity index (χ4n) is 2.38. The van der Waals surface area contributed by atoms with Crippen molar-refractivity contribution in [2.75, 3.05) is 13.1 Å². The first-order valence-electron chi connectivity index (χ1n) is 6.63. The number of nitrogens with one attached hydrogen (secondary N) is 1. The number of carbonyl (C=O) groups excluding carboxylic acids is 2. The van der Waals surface area contributed by atoms with Gasteiger partial charge in [0.15, 0.2) is 0 Å². The lowest BCUT2D eigenvalue weighted by atomic mass is 10.2. The molecule has 1 saturated heterocycles. The number of aromatic nitrogens is 1. The van der Waals surface area contributed by atoms with Crippen LogP contribution in [0.25, 0.3) is 0 Å². The molecule has 0 saturated carbocycles. The van der Waals surface area contributed by atoms with Crippen molar-refractivity contribution in [3.63, 3.8) is 0 Å². The van der Waals surface area contributed by atoms with Crippen molar-refractivity contribution in [1.29, 1.82) is 0 Å². The third-order valence-corrected chi connectivity index (χ3v) is 3.38. The van der Waals surface area contributed by atoms with Crippen molar-refractivity contribution in [3.05, 3.63) is 24.5 Å². The molecule has 1 fully saturated rings. The van der Waals surface area contributed by atoms with Crippen molar-refractivity contribution in [3.8, 4) is 0 Å². The molecule has 1 aromatic rings. The van der Waals surface area contributed by atoms with Gasteiger partial charge in [-0.25, -0.2) is 4.79 Å². The van der Waals surface area contributed by atoms with Gasteiger partial charge in [0.2, 0.25) is 5.91 Å². The van der Waals surface area contributed by atoms with E-state index in [1.54, 1.807) is 0 Å². The smallest absolute Gasteiger partial charge is 0.318 e. The van der Waals surface area contributed by atoms with E-state index in [1.807, 2.05) is 24.5 Å². The SMILES string of the molecule is NC(=O)[C@H]1CCCN1C(=O)NCCCn1cccc1. The van der Waals surface area contributed by atoms with Gasteiger partial charge in [-0.3, -0.25) is 4.79 Å². The topological polar surface area (TPSA) is 80.4 Å². The van der Waals surface area contributed by atoms with E-state index in [2.05, 4.69) is 9.88 Å². The van der Waals surface area contributed by atoms with E-state index in [9.17, 15) is 9.59 Å². The third-order valence-electron chi connectivity index (χ3n) is 3.38. The Labute approximate surface area is 112 Å². The van der Waals surface area contributed by atoms with Crippen LogP contribution in [0.1, 0.15) is 19.3 Å². The van der Waals surface area contributed by atoms with E-state index in [0.717, 1.165) is 19.4 Å². The molecule has 6 heteroatoms. The zero-order valence-electron chi connectivity index (χ0n) is 10.9. The Morgan fingerprint density at radius 3 is 2.74 bits per heavy atom. The zero-order valence-corrected chi connectivity index (χ0v) is 10.9. The van der Waals surface area contributed by atoms with Crippen molar-refractivity contribution in [2.24, 2.45) is 5.73 Å². The van der Waals surface area contributed by atoms with E-state index < -0.39 is 11.9 Å². The molecule has 6 nitrogen and oxygen atoms in total. The van der Waals surface area contributed by atoms with Gasteiger partial charge in [-0.2, -0.15) is 0 Å². The Balaban J connectivity index is 1.70. The summed E-state index contributed by atoms with van der Waals surface area (Å²) in [6.07, 6.45) is 6.35. The number of aryl methyl sites for hydroxylation is 1. The fourth-order valence-corrected chi connectivity index (χ4v) is 2.38. The van der Waals surface area contributed by atoms with Gasteiger partial charge in [0, 0.05) is 32.0 Å². The maximum absolute atomic E-state index is 11.9. The van der Waals surface area contributed by atoms with E-state index in [-0.39, 0.29) is 6.03 Å². The molecule has 3 amide bonds. The quantitative estimate of drug-likeness (QED) is 0.761. The molecule has 0 unspecified atom stereocenters. The standard InChI is InChI=1S/C13H20N4O2/c14-12(18)11-5-3-10-17(11)13(19)15-6-4-9-16-7-1-2-8-16/h1-2,7-8,11H,3-6,9-10H2,(H2,14,18)(H,15,19)/t11-/m1/s1. The molecule has 3 N–H and O–H groups in total. The highest BCUT2D eigenvalue weighted by atomic mass is 16.2. The number of amides is 3. The van der Waals surface area contributed by atoms with Crippen LogP contribution >= 0.6 is 0 Å². The highest BCUT2D eigenvalue weighted by Gasteiger charge is 2.32. The third kappa shape index (κ3) is 3.49. The predicted molar refractivity (Wildman–Crippen MR) is 71.4 cm³/mol. The second-order valence-electron chi connectivity index (χ2n) is 4.76. The molecule has 104 valence electrons. The molecule has 0 bridgehead atoms. The zero-order chi connectivity index (χ0) is 13.7. The average Bonchev–Trinajstić information content (AvgIpc) is 3.04. The largest absolute Gasteiger partial charge is 0.368 e. The molecule has 2 heterocycles. The number of hydrogen-bond acceptors (Lipinski definition) is 2. The Hall–Kier alpha value is -1.98. The molecule has 2 rings (SSSR count). The molecular weight excluding hydrogens is 244 g/mol. The molecule has 1 aliphatic heterocycles. The van der Waals surface area contributed by atoms with Crippen molar-refractivity contribution in [2.45, 2.75) is 31.8 Å². The van der Waals surface area contributed by atoms with E-state index in [1.165, 1.54) is 4.90 Å². The maximum Gasteiger partial charge on any atom is 0.318 e. The normalized spacial score (nSPS) is 18.5. The Morgan fingerprint density at radius 2 is 2.05 bits per heavy atom. The molecule has 19 heavy (non-hydrogen) atoms. The highest BCUT2D eigenvalue weighted by molar-refractivity contribution is 5.86. The number of nitrogens with zero attached hydrogens (tertiary/aromatic N) is 2. The summed E-state index contributed by atoms with van der Waals surface area (Å²) in [5.41, 5.74) is 5.28. The maximum atomic E-state index is 11.9. The van der Waals surface area contributed by atoms with Gasteiger partial charge in [0.05, 0.1) is 0 Å². The summed E-state index contributed by atoms with van der Waals surface area (Å²) in [4.78, 5) is 24.7. The molecule has 1 atom stereocenters. The van der Waals surface area contributed by atoms with Gasteiger partial charge >= 0.3 is 6.03 Å². The van der Waals surface area contributed by atoms with Gasteiger partial charge in [0.1, 0.15) is 6.04 Å². The van der Waals surface area contributed by atoms with Crippen LogP contribution in [-0.4, -0.2) is 40.5 Å². The number of primary amides is 1. The van der Waals surface area contributed by atoms with Gasteiger partial charge in [-0.1, -0.05) is 0 Å². The first-order chi connectivity index (χ1) is 9.18. The lowest BCUT2D eigenvalue weighted by Gasteiger charge is -2.22. The number of hydrogen-bond donors (Lipinski definition) is 2. The number of likely N-dealkylation sites (tertiary alicyclic amines) is 1. The Morgan fingerprint density at radius 1 is 1.32 bits per heavy atom. The van der Waals surface area contributed by atoms with E-state index >= 15 is 0 Å². The second-order valence-corrected chi connectivity index (χ2v) is 4.76. The van der Waals surface area contributed by atoms with E-state index in [0.29, 0.717) is 19.5 Å². The molecule has 0 spiro atoms. The summed E-state index contributed by atoms with van der Waals surface area (Å²) in [6.45, 7) is 2.07. The summed E-state index contributed by atoms with van der Waals surface area (Å²) in [7, 11) is 0. The van der Waals surface area contributed by atoms with Gasteiger partial charge in [-0.15, -0.1) is 0 Å². The first-order valence-corrected chi connectivity index (χ1v) is 6.63.